The molecule has 104 valence electrons. The van der Waals surface area contributed by atoms with Crippen LogP contribution in [0.15, 0.2) is 42.6 Å². The molecule has 0 bridgehead atoms. The van der Waals surface area contributed by atoms with Gasteiger partial charge in [-0.05, 0) is 36.1 Å². The van der Waals surface area contributed by atoms with Gasteiger partial charge in [0.2, 0.25) is 0 Å². The van der Waals surface area contributed by atoms with Gasteiger partial charge < -0.3 is 10.5 Å². The summed E-state index contributed by atoms with van der Waals surface area (Å²) in [4.78, 5) is 4.09. The maximum atomic E-state index is 7.32. The molecule has 1 aromatic carbocycles. The van der Waals surface area contributed by atoms with E-state index >= 15 is 0 Å². The van der Waals surface area contributed by atoms with E-state index in [1.54, 1.807) is 18.3 Å². The first kappa shape index (κ1) is 14.1. The average Bonchev–Trinajstić information content (AvgIpc) is 2.47. The van der Waals surface area contributed by atoms with Crippen LogP contribution in [0.2, 0.25) is 0 Å². The van der Waals surface area contributed by atoms with Gasteiger partial charge in [-0.15, -0.1) is 0 Å². The van der Waals surface area contributed by atoms with Crippen LogP contribution in [0.1, 0.15) is 37.4 Å². The largest absolute Gasteiger partial charge is 0.455 e. The Hall–Kier alpha value is -2.36. The number of nitrogen functional groups attached to an aromatic ring is 1. The molecule has 3 N–H and O–H groups in total. The van der Waals surface area contributed by atoms with Crippen LogP contribution in [-0.4, -0.2) is 10.8 Å². The lowest BCUT2D eigenvalue weighted by Crippen LogP contribution is -2.12. The standard InChI is InChI=1S/C16H19N3O/c1-3-11(2)13-6-4-5-7-15(13)20-12-8-9-14(16(17)18)19-10-12/h4-11H,3H2,1-2H3,(H3,17,18). The summed E-state index contributed by atoms with van der Waals surface area (Å²) in [5, 5.41) is 7.32. The second kappa shape index (κ2) is 6.19. The van der Waals surface area contributed by atoms with Crippen LogP contribution in [-0.2, 0) is 0 Å². The summed E-state index contributed by atoms with van der Waals surface area (Å²) in [6, 6.07) is 11.5. The van der Waals surface area contributed by atoms with Crippen molar-refractivity contribution in [3.05, 3.63) is 53.9 Å². The Morgan fingerprint density at radius 3 is 2.65 bits per heavy atom. The number of pyridine rings is 1. The SMILES string of the molecule is CCC(C)c1ccccc1Oc1ccc(C(=N)N)nc1. The zero-order valence-electron chi connectivity index (χ0n) is 11.8. The quantitative estimate of drug-likeness (QED) is 0.642. The number of nitrogens with two attached hydrogens (primary N) is 1. The third-order valence-electron chi connectivity index (χ3n) is 3.30. The van der Waals surface area contributed by atoms with Gasteiger partial charge in [0.1, 0.15) is 23.0 Å². The molecule has 4 nitrogen and oxygen atoms in total. The maximum absolute atomic E-state index is 7.32. The fraction of sp³-hybridized carbons (Fsp3) is 0.250. The van der Waals surface area contributed by atoms with E-state index in [2.05, 4.69) is 24.9 Å². The number of ether oxygens (including phenoxy) is 1. The molecule has 4 heteroatoms. The molecule has 0 aliphatic rings. The number of aromatic nitrogens is 1. The predicted octanol–water partition coefficient (Wildman–Crippen LogP) is 3.67. The van der Waals surface area contributed by atoms with Crippen LogP contribution < -0.4 is 10.5 Å². The molecule has 1 unspecified atom stereocenters. The van der Waals surface area contributed by atoms with Crippen molar-refractivity contribution in [2.45, 2.75) is 26.2 Å². The lowest BCUT2D eigenvalue weighted by Gasteiger charge is -2.15. The molecule has 0 aliphatic carbocycles. The Morgan fingerprint density at radius 1 is 1.30 bits per heavy atom. The molecule has 1 aromatic heterocycles. The van der Waals surface area contributed by atoms with Crippen LogP contribution in [0.4, 0.5) is 0 Å². The average molecular weight is 269 g/mol. The van der Waals surface area contributed by atoms with E-state index in [0.29, 0.717) is 17.4 Å². The Bertz CT molecular complexity index is 593. The minimum atomic E-state index is -0.0449. The normalized spacial score (nSPS) is 11.9. The smallest absolute Gasteiger partial charge is 0.145 e. The van der Waals surface area contributed by atoms with Gasteiger partial charge in [-0.3, -0.25) is 5.41 Å². The van der Waals surface area contributed by atoms with Crippen molar-refractivity contribution in [3.63, 3.8) is 0 Å². The van der Waals surface area contributed by atoms with E-state index in [1.807, 2.05) is 18.2 Å². The Balaban J connectivity index is 2.23. The molecule has 20 heavy (non-hydrogen) atoms. The van der Waals surface area contributed by atoms with Crippen LogP contribution in [0.3, 0.4) is 0 Å². The first-order chi connectivity index (χ1) is 9.61. The summed E-state index contributed by atoms with van der Waals surface area (Å²) in [5.74, 6) is 1.89. The third kappa shape index (κ3) is 3.15. The van der Waals surface area contributed by atoms with Gasteiger partial charge in [0, 0.05) is 0 Å². The van der Waals surface area contributed by atoms with Crippen molar-refractivity contribution >= 4 is 5.84 Å². The molecule has 0 amide bonds. The number of para-hydroxylation sites is 1. The van der Waals surface area contributed by atoms with E-state index in [-0.39, 0.29) is 5.84 Å². The summed E-state index contributed by atoms with van der Waals surface area (Å²) in [6.07, 6.45) is 2.64. The highest BCUT2D eigenvalue weighted by atomic mass is 16.5. The summed E-state index contributed by atoms with van der Waals surface area (Å²) in [5.41, 5.74) is 7.02. The zero-order chi connectivity index (χ0) is 14.5. The first-order valence-electron chi connectivity index (χ1n) is 6.69. The van der Waals surface area contributed by atoms with Crippen molar-refractivity contribution in [2.75, 3.05) is 0 Å². The van der Waals surface area contributed by atoms with Crippen LogP contribution >= 0.6 is 0 Å². The highest BCUT2D eigenvalue weighted by molar-refractivity contribution is 5.92. The molecule has 1 atom stereocenters. The molecule has 0 spiro atoms. The van der Waals surface area contributed by atoms with E-state index < -0.39 is 0 Å². The molecule has 2 rings (SSSR count). The Morgan fingerprint density at radius 2 is 2.05 bits per heavy atom. The van der Waals surface area contributed by atoms with Crippen LogP contribution in [0.25, 0.3) is 0 Å². The fourth-order valence-corrected chi connectivity index (χ4v) is 1.93. The maximum Gasteiger partial charge on any atom is 0.145 e. The lowest BCUT2D eigenvalue weighted by molar-refractivity contribution is 0.468. The number of rotatable bonds is 5. The lowest BCUT2D eigenvalue weighted by atomic mass is 9.98. The number of hydrogen-bond donors (Lipinski definition) is 2. The fourth-order valence-electron chi connectivity index (χ4n) is 1.93. The number of hydrogen-bond acceptors (Lipinski definition) is 3. The molecule has 0 aliphatic heterocycles. The van der Waals surface area contributed by atoms with E-state index in [1.165, 1.54) is 5.56 Å². The van der Waals surface area contributed by atoms with Crippen molar-refractivity contribution in [1.82, 2.24) is 4.98 Å². The highest BCUT2D eigenvalue weighted by Gasteiger charge is 2.10. The second-order valence-corrected chi connectivity index (χ2v) is 4.74. The van der Waals surface area contributed by atoms with Crippen molar-refractivity contribution < 1.29 is 4.74 Å². The minimum Gasteiger partial charge on any atom is -0.455 e. The van der Waals surface area contributed by atoms with Gasteiger partial charge in [-0.1, -0.05) is 32.0 Å². The number of benzene rings is 1. The van der Waals surface area contributed by atoms with Gasteiger partial charge in [0.15, 0.2) is 0 Å². The van der Waals surface area contributed by atoms with Gasteiger partial charge in [-0.2, -0.15) is 0 Å². The molecular weight excluding hydrogens is 250 g/mol. The summed E-state index contributed by atoms with van der Waals surface area (Å²) in [6.45, 7) is 4.34. The second-order valence-electron chi connectivity index (χ2n) is 4.74. The summed E-state index contributed by atoms with van der Waals surface area (Å²) >= 11 is 0. The van der Waals surface area contributed by atoms with E-state index in [4.69, 9.17) is 15.9 Å². The number of nitrogens with zero attached hydrogens (tertiary/aromatic N) is 1. The van der Waals surface area contributed by atoms with Crippen molar-refractivity contribution in [1.29, 1.82) is 5.41 Å². The van der Waals surface area contributed by atoms with Crippen molar-refractivity contribution in [3.8, 4) is 11.5 Å². The van der Waals surface area contributed by atoms with Gasteiger partial charge in [0.05, 0.1) is 6.20 Å². The van der Waals surface area contributed by atoms with Crippen LogP contribution in [0, 0.1) is 5.41 Å². The monoisotopic (exact) mass is 269 g/mol. The summed E-state index contributed by atoms with van der Waals surface area (Å²) in [7, 11) is 0. The van der Waals surface area contributed by atoms with Gasteiger partial charge >= 0.3 is 0 Å². The Labute approximate surface area is 119 Å². The first-order valence-corrected chi connectivity index (χ1v) is 6.69. The van der Waals surface area contributed by atoms with Gasteiger partial charge in [0.25, 0.3) is 0 Å². The number of amidine groups is 1. The molecule has 1 heterocycles. The van der Waals surface area contributed by atoms with E-state index in [0.717, 1.165) is 12.2 Å². The van der Waals surface area contributed by atoms with Crippen molar-refractivity contribution in [2.24, 2.45) is 5.73 Å². The Kier molecular flexibility index (Phi) is 4.35. The minimum absolute atomic E-state index is 0.0449. The number of nitrogens with one attached hydrogen (secondary N) is 1. The van der Waals surface area contributed by atoms with Crippen LogP contribution in [0.5, 0.6) is 11.5 Å². The molecule has 0 fully saturated rings. The summed E-state index contributed by atoms with van der Waals surface area (Å²) < 4.78 is 5.89. The highest BCUT2D eigenvalue weighted by Crippen LogP contribution is 2.31. The molecule has 0 radical (unpaired) electrons. The molecule has 2 aromatic rings. The molecular formula is C16H19N3O. The predicted molar refractivity (Wildman–Crippen MR) is 80.5 cm³/mol. The third-order valence-corrected chi connectivity index (χ3v) is 3.30. The molecule has 0 saturated heterocycles. The zero-order valence-corrected chi connectivity index (χ0v) is 11.8. The van der Waals surface area contributed by atoms with E-state index in [9.17, 15) is 0 Å². The molecule has 0 saturated carbocycles. The van der Waals surface area contributed by atoms with Gasteiger partial charge in [-0.25, -0.2) is 4.98 Å². The topological polar surface area (TPSA) is 72.0 Å².